The fourth-order valence-corrected chi connectivity index (χ4v) is 1.13. The van der Waals surface area contributed by atoms with Gasteiger partial charge in [-0.2, -0.15) is 0 Å². The minimum Gasteiger partial charge on any atom is -0.370 e. The van der Waals surface area contributed by atoms with Crippen LogP contribution in [0.5, 0.6) is 0 Å². The smallest absolute Gasteiger partial charge is 0.237 e. The maximum absolute atomic E-state index is 11.6. The highest BCUT2D eigenvalue weighted by molar-refractivity contribution is 5.87. The van der Waals surface area contributed by atoms with Crippen LogP contribution in [-0.2, 0) is 9.59 Å². The minimum atomic E-state index is -0.847. The van der Waals surface area contributed by atoms with Gasteiger partial charge < -0.3 is 16.8 Å². The minimum absolute atomic E-state index is 0.116. The van der Waals surface area contributed by atoms with E-state index in [0.717, 1.165) is 12.8 Å². The summed E-state index contributed by atoms with van der Waals surface area (Å²) >= 11 is 0. The molecule has 0 aromatic rings. The van der Waals surface area contributed by atoms with Crippen LogP contribution in [0.3, 0.4) is 0 Å². The quantitative estimate of drug-likeness (QED) is 0.576. The molecule has 0 saturated carbocycles. The Labute approximate surface area is 90.6 Å². The largest absolute Gasteiger partial charge is 0.370 e. The van der Waals surface area contributed by atoms with Crippen molar-refractivity contribution in [3.05, 3.63) is 0 Å². The molecule has 5 heteroatoms. The van der Waals surface area contributed by atoms with Crippen molar-refractivity contribution in [3.63, 3.8) is 0 Å². The van der Waals surface area contributed by atoms with Gasteiger partial charge in [-0.1, -0.05) is 13.8 Å². The Morgan fingerprint density at radius 2 is 1.80 bits per heavy atom. The van der Waals surface area contributed by atoms with E-state index in [9.17, 15) is 9.59 Å². The van der Waals surface area contributed by atoms with Crippen LogP contribution in [0.2, 0.25) is 0 Å². The van der Waals surface area contributed by atoms with E-state index in [1.807, 2.05) is 20.8 Å². The first-order valence-electron chi connectivity index (χ1n) is 5.20. The first-order valence-corrected chi connectivity index (χ1v) is 5.20. The Bertz CT molecular complexity index is 237. The molecule has 0 heterocycles. The highest BCUT2D eigenvalue weighted by atomic mass is 16.2. The third-order valence-electron chi connectivity index (χ3n) is 2.74. The summed E-state index contributed by atoms with van der Waals surface area (Å²) < 4.78 is 0. The van der Waals surface area contributed by atoms with Crippen molar-refractivity contribution < 1.29 is 9.59 Å². The molecule has 0 aromatic carbocycles. The summed E-state index contributed by atoms with van der Waals surface area (Å²) in [5.41, 5.74) is 10.2. The van der Waals surface area contributed by atoms with Gasteiger partial charge in [0.1, 0.15) is 0 Å². The highest BCUT2D eigenvalue weighted by Crippen LogP contribution is 2.13. The van der Waals surface area contributed by atoms with E-state index in [-0.39, 0.29) is 17.9 Å². The van der Waals surface area contributed by atoms with Crippen molar-refractivity contribution in [2.24, 2.45) is 11.5 Å². The summed E-state index contributed by atoms with van der Waals surface area (Å²) in [7, 11) is 0. The van der Waals surface area contributed by atoms with E-state index < -0.39 is 11.9 Å². The predicted molar refractivity (Wildman–Crippen MR) is 58.9 cm³/mol. The third-order valence-corrected chi connectivity index (χ3v) is 2.74. The summed E-state index contributed by atoms with van der Waals surface area (Å²) in [5.74, 6) is -0.882. The average molecular weight is 215 g/mol. The van der Waals surface area contributed by atoms with Gasteiger partial charge in [0.25, 0.3) is 0 Å². The van der Waals surface area contributed by atoms with Gasteiger partial charge in [-0.25, -0.2) is 0 Å². The standard InChI is InChI=1S/C10H21N3O2/c1-4-10(3,5-2)13-9(15)7(11)6-8(12)14/h7H,4-6,11H2,1-3H3,(H2,12,14)(H,13,15). The van der Waals surface area contributed by atoms with Crippen molar-refractivity contribution in [2.45, 2.75) is 51.6 Å². The lowest BCUT2D eigenvalue weighted by Gasteiger charge is -2.29. The highest BCUT2D eigenvalue weighted by Gasteiger charge is 2.25. The van der Waals surface area contributed by atoms with Crippen LogP contribution in [0.4, 0.5) is 0 Å². The summed E-state index contributed by atoms with van der Waals surface area (Å²) in [6, 6.07) is -0.847. The lowest BCUT2D eigenvalue weighted by Crippen LogP contribution is -2.52. The molecular weight excluding hydrogens is 194 g/mol. The number of rotatable bonds is 6. The SMILES string of the molecule is CCC(C)(CC)NC(=O)C(N)CC(N)=O. The molecule has 1 unspecified atom stereocenters. The second kappa shape index (κ2) is 5.70. The normalized spacial score (nSPS) is 13.3. The van der Waals surface area contributed by atoms with Gasteiger partial charge in [0.15, 0.2) is 0 Å². The number of amides is 2. The molecule has 0 aliphatic carbocycles. The topological polar surface area (TPSA) is 98.2 Å². The first kappa shape index (κ1) is 13.9. The number of hydrogen-bond acceptors (Lipinski definition) is 3. The molecule has 0 spiro atoms. The second-order valence-electron chi connectivity index (χ2n) is 4.03. The van der Waals surface area contributed by atoms with Crippen LogP contribution in [-0.4, -0.2) is 23.4 Å². The van der Waals surface area contributed by atoms with Crippen LogP contribution < -0.4 is 16.8 Å². The maximum Gasteiger partial charge on any atom is 0.237 e. The van der Waals surface area contributed by atoms with Crippen molar-refractivity contribution >= 4 is 11.8 Å². The van der Waals surface area contributed by atoms with Gasteiger partial charge >= 0.3 is 0 Å². The van der Waals surface area contributed by atoms with Crippen LogP contribution in [0.1, 0.15) is 40.0 Å². The zero-order valence-corrected chi connectivity index (χ0v) is 9.67. The maximum atomic E-state index is 11.6. The predicted octanol–water partition coefficient (Wildman–Crippen LogP) is -0.116. The number of primary amides is 1. The lowest BCUT2D eigenvalue weighted by molar-refractivity contribution is -0.127. The second-order valence-corrected chi connectivity index (χ2v) is 4.03. The van der Waals surface area contributed by atoms with E-state index >= 15 is 0 Å². The van der Waals surface area contributed by atoms with E-state index in [1.165, 1.54) is 0 Å². The molecule has 0 aromatic heterocycles. The van der Waals surface area contributed by atoms with Gasteiger partial charge in [-0.05, 0) is 19.8 Å². The Balaban J connectivity index is 4.28. The summed E-state index contributed by atoms with van der Waals surface area (Å²) in [5, 5.41) is 2.83. The zero-order chi connectivity index (χ0) is 12.1. The molecule has 5 N–H and O–H groups in total. The number of carbonyl (C=O) groups is 2. The van der Waals surface area contributed by atoms with Crippen LogP contribution in [0, 0.1) is 0 Å². The Morgan fingerprint density at radius 3 is 2.13 bits per heavy atom. The molecule has 0 rings (SSSR count). The molecular formula is C10H21N3O2. The third kappa shape index (κ3) is 4.78. The lowest BCUT2D eigenvalue weighted by atomic mass is 9.95. The van der Waals surface area contributed by atoms with E-state index in [0.29, 0.717) is 0 Å². The summed E-state index contributed by atoms with van der Waals surface area (Å²) in [6.07, 6.45) is 1.52. The Morgan fingerprint density at radius 1 is 1.33 bits per heavy atom. The number of nitrogens with two attached hydrogens (primary N) is 2. The monoisotopic (exact) mass is 215 g/mol. The fraction of sp³-hybridized carbons (Fsp3) is 0.800. The molecule has 0 radical (unpaired) electrons. The molecule has 2 amide bonds. The van der Waals surface area contributed by atoms with Crippen molar-refractivity contribution in [2.75, 3.05) is 0 Å². The van der Waals surface area contributed by atoms with Gasteiger partial charge in [-0.15, -0.1) is 0 Å². The number of hydrogen-bond donors (Lipinski definition) is 3. The Kier molecular flexibility index (Phi) is 5.28. The molecule has 0 saturated heterocycles. The van der Waals surface area contributed by atoms with Crippen LogP contribution in [0.15, 0.2) is 0 Å². The molecule has 0 aliphatic rings. The molecule has 0 bridgehead atoms. The summed E-state index contributed by atoms with van der Waals surface area (Å²) in [4.78, 5) is 22.1. The van der Waals surface area contributed by atoms with Crippen molar-refractivity contribution in [1.82, 2.24) is 5.32 Å². The van der Waals surface area contributed by atoms with E-state index in [4.69, 9.17) is 11.5 Å². The van der Waals surface area contributed by atoms with Gasteiger partial charge in [0.2, 0.25) is 11.8 Å². The fourth-order valence-electron chi connectivity index (χ4n) is 1.13. The molecule has 15 heavy (non-hydrogen) atoms. The van der Waals surface area contributed by atoms with Gasteiger partial charge in [0.05, 0.1) is 12.5 Å². The number of carbonyl (C=O) groups excluding carboxylic acids is 2. The molecule has 1 atom stereocenters. The zero-order valence-electron chi connectivity index (χ0n) is 9.67. The van der Waals surface area contributed by atoms with Crippen molar-refractivity contribution in [1.29, 1.82) is 0 Å². The molecule has 0 fully saturated rings. The Hall–Kier alpha value is -1.10. The summed E-state index contributed by atoms with van der Waals surface area (Å²) in [6.45, 7) is 5.93. The number of nitrogens with one attached hydrogen (secondary N) is 1. The first-order chi connectivity index (χ1) is 6.84. The van der Waals surface area contributed by atoms with E-state index in [2.05, 4.69) is 5.32 Å². The molecule has 88 valence electrons. The average Bonchev–Trinajstić information content (AvgIpc) is 2.16. The van der Waals surface area contributed by atoms with Crippen LogP contribution in [0.25, 0.3) is 0 Å². The molecule has 5 nitrogen and oxygen atoms in total. The van der Waals surface area contributed by atoms with E-state index in [1.54, 1.807) is 0 Å². The van der Waals surface area contributed by atoms with Crippen LogP contribution >= 0.6 is 0 Å². The molecule has 0 aliphatic heterocycles. The van der Waals surface area contributed by atoms with Gasteiger partial charge in [-0.3, -0.25) is 9.59 Å². The van der Waals surface area contributed by atoms with Gasteiger partial charge in [0, 0.05) is 5.54 Å². The van der Waals surface area contributed by atoms with Crippen molar-refractivity contribution in [3.8, 4) is 0 Å².